The molecule has 10 heteroatoms. The molecule has 5 atom stereocenters. The van der Waals surface area contributed by atoms with Gasteiger partial charge in [0.05, 0.1) is 6.61 Å². The molecule has 4 aliphatic rings. The van der Waals surface area contributed by atoms with Gasteiger partial charge in [0.2, 0.25) is 0 Å². The quantitative estimate of drug-likeness (QED) is 0.525. The van der Waals surface area contributed by atoms with E-state index in [1.807, 2.05) is 6.08 Å². The predicted octanol–water partition coefficient (Wildman–Crippen LogP) is 2.85. The standard InChI is InChI=1S/C26H38F2N6O2/c1-4-15(2)32-21(10-20(29)16-7-22(36-25(27)28)24(30)31-11-16)23-18-8-17(9-19(18)23)34-13-26(14-34)12-33(3)5-6-35-26/h7,10-11,15,17-19,23,25H,4-6,8-9,12-14,29H2,1-3H3,(H2,30,31)/t15?,17?,18-,19+,23?. The number of likely N-dealkylation sites (N-methyl/N-ethyl adjacent to an activating group) is 1. The van der Waals surface area contributed by atoms with E-state index >= 15 is 0 Å². The lowest BCUT2D eigenvalue weighted by Crippen LogP contribution is -2.71. The number of ether oxygens (including phenoxy) is 2. The number of allylic oxidation sites excluding steroid dienone is 1. The van der Waals surface area contributed by atoms with Crippen LogP contribution in [-0.2, 0) is 4.74 Å². The molecule has 4 N–H and O–H groups in total. The van der Waals surface area contributed by atoms with Gasteiger partial charge < -0.3 is 25.8 Å². The molecule has 4 fully saturated rings. The topological polar surface area (TPSA) is 102 Å². The highest BCUT2D eigenvalue weighted by Crippen LogP contribution is 2.60. The van der Waals surface area contributed by atoms with E-state index in [-0.39, 0.29) is 23.2 Å². The Balaban J connectivity index is 1.25. The number of rotatable bonds is 8. The van der Waals surface area contributed by atoms with E-state index in [1.54, 1.807) is 0 Å². The summed E-state index contributed by atoms with van der Waals surface area (Å²) < 4.78 is 36.1. The first-order valence-electron chi connectivity index (χ1n) is 13.0. The zero-order chi connectivity index (χ0) is 25.6. The molecule has 8 nitrogen and oxygen atoms in total. The van der Waals surface area contributed by atoms with Gasteiger partial charge in [0, 0.05) is 67.3 Å². The number of fused-ring (bicyclic) bond motifs is 1. The molecule has 1 aromatic heterocycles. The number of alkyl halides is 2. The normalized spacial score (nSPS) is 31.4. The molecule has 2 aliphatic heterocycles. The fraction of sp³-hybridized carbons (Fsp3) is 0.692. The number of nitrogen functional groups attached to an aromatic ring is 1. The van der Waals surface area contributed by atoms with E-state index in [1.165, 1.54) is 25.1 Å². The second-order valence-electron chi connectivity index (χ2n) is 11.0. The highest BCUT2D eigenvalue weighted by atomic mass is 19.3. The number of hydrogen-bond acceptors (Lipinski definition) is 8. The third-order valence-corrected chi connectivity index (χ3v) is 8.39. The summed E-state index contributed by atoms with van der Waals surface area (Å²) in [6.07, 6.45) is 6.65. The smallest absolute Gasteiger partial charge is 0.387 e. The lowest BCUT2D eigenvalue weighted by molar-refractivity contribution is -0.190. The van der Waals surface area contributed by atoms with E-state index < -0.39 is 6.61 Å². The Morgan fingerprint density at radius 2 is 2.06 bits per heavy atom. The monoisotopic (exact) mass is 504 g/mol. The molecule has 198 valence electrons. The number of aromatic nitrogens is 1. The van der Waals surface area contributed by atoms with Crippen molar-refractivity contribution in [2.24, 2.45) is 28.5 Å². The lowest BCUT2D eigenvalue weighted by Gasteiger charge is -2.55. The predicted molar refractivity (Wildman–Crippen MR) is 136 cm³/mol. The summed E-state index contributed by atoms with van der Waals surface area (Å²) in [7, 11) is 2.17. The summed E-state index contributed by atoms with van der Waals surface area (Å²) in [4.78, 5) is 14.0. The van der Waals surface area contributed by atoms with Gasteiger partial charge in [-0.2, -0.15) is 8.78 Å². The van der Waals surface area contributed by atoms with Crippen molar-refractivity contribution in [3.05, 3.63) is 23.9 Å². The molecule has 3 heterocycles. The third kappa shape index (κ3) is 5.08. The van der Waals surface area contributed by atoms with Crippen molar-refractivity contribution in [2.75, 3.05) is 45.6 Å². The van der Waals surface area contributed by atoms with Gasteiger partial charge in [0.25, 0.3) is 0 Å². The summed E-state index contributed by atoms with van der Waals surface area (Å²) in [5.41, 5.74) is 14.0. The molecule has 36 heavy (non-hydrogen) atoms. The summed E-state index contributed by atoms with van der Waals surface area (Å²) in [6, 6.07) is 2.20. The third-order valence-electron chi connectivity index (χ3n) is 8.39. The summed E-state index contributed by atoms with van der Waals surface area (Å²) in [5, 5.41) is 0. The first-order chi connectivity index (χ1) is 17.2. The lowest BCUT2D eigenvalue weighted by atomic mass is 9.88. The van der Waals surface area contributed by atoms with Crippen LogP contribution < -0.4 is 16.2 Å². The van der Waals surface area contributed by atoms with Crippen LogP contribution in [0.25, 0.3) is 5.70 Å². The Labute approximate surface area is 211 Å². The summed E-state index contributed by atoms with van der Waals surface area (Å²) in [6.45, 7) is 6.15. The number of pyridine rings is 1. The van der Waals surface area contributed by atoms with Gasteiger partial charge in [0.1, 0.15) is 5.60 Å². The summed E-state index contributed by atoms with van der Waals surface area (Å²) in [5.74, 6) is 1.33. The minimum absolute atomic E-state index is 0.0273. The van der Waals surface area contributed by atoms with Crippen molar-refractivity contribution in [1.82, 2.24) is 14.8 Å². The number of morpholine rings is 1. The Kier molecular flexibility index (Phi) is 6.95. The van der Waals surface area contributed by atoms with Gasteiger partial charge in [0.15, 0.2) is 11.6 Å². The van der Waals surface area contributed by atoms with Crippen LogP contribution in [0.15, 0.2) is 23.3 Å². The van der Waals surface area contributed by atoms with Crippen molar-refractivity contribution in [3.8, 4) is 5.75 Å². The maximum Gasteiger partial charge on any atom is 0.387 e. The van der Waals surface area contributed by atoms with Crippen LogP contribution in [0, 0.1) is 17.8 Å². The van der Waals surface area contributed by atoms with Crippen molar-refractivity contribution in [3.63, 3.8) is 0 Å². The molecule has 0 radical (unpaired) electrons. The number of likely N-dealkylation sites (tertiary alicyclic amines) is 1. The fourth-order valence-corrected chi connectivity index (χ4v) is 6.34. The number of anilines is 1. The zero-order valence-corrected chi connectivity index (χ0v) is 21.4. The number of nitrogens with zero attached hydrogens (tertiary/aromatic N) is 4. The van der Waals surface area contributed by atoms with Gasteiger partial charge in [-0.3, -0.25) is 9.89 Å². The van der Waals surface area contributed by atoms with Crippen molar-refractivity contribution in [2.45, 2.75) is 57.4 Å². The molecule has 1 aromatic rings. The van der Waals surface area contributed by atoms with E-state index in [9.17, 15) is 8.78 Å². The van der Waals surface area contributed by atoms with Gasteiger partial charge in [-0.1, -0.05) is 6.92 Å². The van der Waals surface area contributed by atoms with Crippen LogP contribution in [0.1, 0.15) is 38.7 Å². The number of aliphatic imine (C=N–C) groups is 1. The van der Waals surface area contributed by atoms with Gasteiger partial charge >= 0.3 is 6.61 Å². The van der Waals surface area contributed by atoms with Crippen LogP contribution >= 0.6 is 0 Å². The average molecular weight is 505 g/mol. The molecular weight excluding hydrogens is 466 g/mol. The zero-order valence-electron chi connectivity index (χ0n) is 21.4. The SMILES string of the molecule is CCC(C)N=C(C=C(N)c1cnc(N)c(OC(F)F)c1)C1[C@H]2CC(N3CC4(CN(C)CCO4)C3)C[C@@H]12. The van der Waals surface area contributed by atoms with Crippen LogP contribution in [0.3, 0.4) is 0 Å². The average Bonchev–Trinajstić information content (AvgIpc) is 3.30. The Morgan fingerprint density at radius 1 is 1.33 bits per heavy atom. The second-order valence-corrected chi connectivity index (χ2v) is 11.0. The van der Waals surface area contributed by atoms with E-state index in [0.29, 0.717) is 35.1 Å². The van der Waals surface area contributed by atoms with Crippen LogP contribution in [0.2, 0.25) is 0 Å². The molecule has 0 amide bonds. The maximum atomic E-state index is 12.7. The maximum absolute atomic E-state index is 12.7. The highest BCUT2D eigenvalue weighted by molar-refractivity contribution is 6.04. The molecule has 2 saturated heterocycles. The number of hydrogen-bond donors (Lipinski definition) is 2. The van der Waals surface area contributed by atoms with Crippen LogP contribution in [0.5, 0.6) is 5.75 Å². The molecule has 3 unspecified atom stereocenters. The first-order valence-corrected chi connectivity index (χ1v) is 13.0. The molecule has 1 spiro atoms. The largest absolute Gasteiger partial charge is 0.431 e. The number of halogens is 2. The Bertz CT molecular complexity index is 1020. The minimum Gasteiger partial charge on any atom is -0.431 e. The fourth-order valence-electron chi connectivity index (χ4n) is 6.34. The minimum atomic E-state index is -2.98. The van der Waals surface area contributed by atoms with Gasteiger partial charge in [-0.25, -0.2) is 4.98 Å². The van der Waals surface area contributed by atoms with Crippen LogP contribution in [0.4, 0.5) is 14.6 Å². The highest BCUT2D eigenvalue weighted by Gasteiger charge is 2.60. The first kappa shape index (κ1) is 25.4. The Morgan fingerprint density at radius 3 is 2.69 bits per heavy atom. The molecule has 5 rings (SSSR count). The molecule has 0 aromatic carbocycles. The van der Waals surface area contributed by atoms with Crippen molar-refractivity contribution < 1.29 is 18.3 Å². The van der Waals surface area contributed by atoms with Crippen molar-refractivity contribution in [1.29, 1.82) is 0 Å². The van der Waals surface area contributed by atoms with E-state index in [0.717, 1.165) is 44.9 Å². The van der Waals surface area contributed by atoms with Crippen LogP contribution in [-0.4, -0.2) is 84.6 Å². The summed E-state index contributed by atoms with van der Waals surface area (Å²) >= 11 is 0. The number of nitrogens with two attached hydrogens (primary N) is 2. The van der Waals surface area contributed by atoms with Gasteiger partial charge in [-0.05, 0) is 57.2 Å². The molecule has 2 saturated carbocycles. The van der Waals surface area contributed by atoms with E-state index in [2.05, 4.69) is 40.4 Å². The molecule has 2 aliphatic carbocycles. The van der Waals surface area contributed by atoms with E-state index in [4.69, 9.17) is 21.2 Å². The Hall–Kier alpha value is -2.30. The van der Waals surface area contributed by atoms with Crippen molar-refractivity contribution >= 4 is 17.2 Å². The van der Waals surface area contributed by atoms with Gasteiger partial charge in [-0.15, -0.1) is 0 Å². The molecular formula is C26H38F2N6O2. The molecule has 0 bridgehead atoms. The second kappa shape index (κ2) is 9.87.